The summed E-state index contributed by atoms with van der Waals surface area (Å²) in [5, 5.41) is 3.07. The monoisotopic (exact) mass is 299 g/mol. The number of hydrogen-bond donors (Lipinski definition) is 2. The Morgan fingerprint density at radius 2 is 1.80 bits per heavy atom. The molecule has 0 aliphatic carbocycles. The van der Waals surface area contributed by atoms with E-state index in [0.29, 0.717) is 18.8 Å². The van der Waals surface area contributed by atoms with Crippen LogP contribution in [0.15, 0.2) is 29.2 Å². The predicted molar refractivity (Wildman–Crippen MR) is 83.6 cm³/mol. The Kier molecular flexibility index (Phi) is 5.56. The van der Waals surface area contributed by atoms with Gasteiger partial charge < -0.3 is 10.2 Å². The smallest absolute Gasteiger partial charge is 0.242 e. The zero-order valence-corrected chi connectivity index (χ0v) is 13.7. The lowest BCUT2D eigenvalue weighted by Gasteiger charge is -2.32. The minimum Gasteiger partial charge on any atom is -0.384 e. The third-order valence-corrected chi connectivity index (χ3v) is 4.91. The fourth-order valence-electron chi connectivity index (χ4n) is 1.54. The zero-order chi connectivity index (χ0) is 15.4. The third kappa shape index (κ3) is 4.19. The molecule has 0 atom stereocenters. The van der Waals surface area contributed by atoms with Gasteiger partial charge in [-0.15, -0.1) is 0 Å². The van der Waals surface area contributed by atoms with E-state index in [1.54, 1.807) is 18.2 Å². The average Bonchev–Trinajstić information content (AvgIpc) is 2.37. The van der Waals surface area contributed by atoms with Crippen molar-refractivity contribution in [2.24, 2.45) is 0 Å². The molecule has 1 aromatic rings. The van der Waals surface area contributed by atoms with Gasteiger partial charge in [0.25, 0.3) is 0 Å². The van der Waals surface area contributed by atoms with Gasteiger partial charge in [0.1, 0.15) is 4.90 Å². The highest BCUT2D eigenvalue weighted by atomic mass is 32.2. The van der Waals surface area contributed by atoms with Crippen LogP contribution in [-0.4, -0.2) is 46.0 Å². The van der Waals surface area contributed by atoms with Crippen molar-refractivity contribution >= 4 is 15.7 Å². The molecule has 0 saturated carbocycles. The maximum atomic E-state index is 12.4. The number of nitrogens with one attached hydrogen (secondary N) is 2. The summed E-state index contributed by atoms with van der Waals surface area (Å²) in [6.45, 7) is 6.95. The first kappa shape index (κ1) is 16.9. The molecule has 0 bridgehead atoms. The van der Waals surface area contributed by atoms with Gasteiger partial charge >= 0.3 is 0 Å². The van der Waals surface area contributed by atoms with Crippen molar-refractivity contribution in [1.29, 1.82) is 0 Å². The van der Waals surface area contributed by atoms with E-state index >= 15 is 0 Å². The Bertz CT molecular complexity index is 539. The largest absolute Gasteiger partial charge is 0.384 e. The number of rotatable bonds is 7. The number of para-hydroxylation sites is 1. The molecule has 1 aromatic carbocycles. The van der Waals surface area contributed by atoms with E-state index in [1.807, 2.05) is 45.8 Å². The lowest BCUT2D eigenvalue weighted by atomic mass is 10.1. The molecule has 0 heterocycles. The molecule has 0 saturated heterocycles. The molecule has 0 aromatic heterocycles. The fourth-order valence-corrected chi connectivity index (χ4v) is 2.93. The highest BCUT2D eigenvalue weighted by Crippen LogP contribution is 2.21. The molecular weight excluding hydrogens is 274 g/mol. The third-order valence-electron chi connectivity index (χ3n) is 3.45. The number of sulfonamides is 1. The van der Waals surface area contributed by atoms with Crippen molar-refractivity contribution < 1.29 is 8.42 Å². The summed E-state index contributed by atoms with van der Waals surface area (Å²) >= 11 is 0. The van der Waals surface area contributed by atoms with Gasteiger partial charge in [0, 0.05) is 18.6 Å². The first-order chi connectivity index (χ1) is 9.20. The minimum atomic E-state index is -3.52. The van der Waals surface area contributed by atoms with Crippen LogP contribution in [0.4, 0.5) is 5.69 Å². The van der Waals surface area contributed by atoms with Gasteiger partial charge in [-0.2, -0.15) is 0 Å². The molecule has 0 amide bonds. The second kappa shape index (κ2) is 6.56. The lowest BCUT2D eigenvalue weighted by molar-refractivity contribution is 0.199. The molecule has 20 heavy (non-hydrogen) atoms. The van der Waals surface area contributed by atoms with Crippen molar-refractivity contribution in [3.63, 3.8) is 0 Å². The van der Waals surface area contributed by atoms with Crippen LogP contribution in [0.2, 0.25) is 0 Å². The van der Waals surface area contributed by atoms with Crippen molar-refractivity contribution in [2.75, 3.05) is 32.5 Å². The summed E-state index contributed by atoms with van der Waals surface area (Å²) in [5.74, 6) is 0. The van der Waals surface area contributed by atoms with E-state index in [1.165, 1.54) is 0 Å². The summed E-state index contributed by atoms with van der Waals surface area (Å²) in [6, 6.07) is 6.94. The number of likely N-dealkylation sites (N-methyl/N-ethyl adjacent to an activating group) is 1. The molecule has 0 aliphatic heterocycles. The van der Waals surface area contributed by atoms with Gasteiger partial charge in [-0.05, 0) is 47.0 Å². The Balaban J connectivity index is 2.95. The van der Waals surface area contributed by atoms with Crippen molar-refractivity contribution in [3.05, 3.63) is 24.3 Å². The van der Waals surface area contributed by atoms with Crippen LogP contribution in [0.3, 0.4) is 0 Å². The van der Waals surface area contributed by atoms with E-state index in [2.05, 4.69) is 10.0 Å². The fraction of sp³-hybridized carbons (Fsp3) is 0.571. The van der Waals surface area contributed by atoms with Crippen LogP contribution in [0.25, 0.3) is 0 Å². The summed E-state index contributed by atoms with van der Waals surface area (Å²) < 4.78 is 27.5. The lowest BCUT2D eigenvalue weighted by Crippen LogP contribution is -2.48. The highest BCUT2D eigenvalue weighted by Gasteiger charge is 2.25. The van der Waals surface area contributed by atoms with Crippen molar-refractivity contribution in [2.45, 2.75) is 31.2 Å². The average molecular weight is 299 g/mol. The Morgan fingerprint density at radius 3 is 2.35 bits per heavy atom. The molecular formula is C14H25N3O2S. The van der Waals surface area contributed by atoms with Crippen LogP contribution in [-0.2, 0) is 10.0 Å². The first-order valence-corrected chi connectivity index (χ1v) is 8.19. The quantitative estimate of drug-likeness (QED) is 0.805. The molecule has 0 aliphatic rings. The van der Waals surface area contributed by atoms with Gasteiger partial charge in [0.15, 0.2) is 0 Å². The molecule has 6 heteroatoms. The van der Waals surface area contributed by atoms with Crippen LogP contribution in [0.1, 0.15) is 20.8 Å². The maximum absolute atomic E-state index is 12.4. The second-order valence-corrected chi connectivity index (χ2v) is 7.29. The molecule has 2 N–H and O–H groups in total. The van der Waals surface area contributed by atoms with E-state index in [-0.39, 0.29) is 10.4 Å². The van der Waals surface area contributed by atoms with Crippen LogP contribution < -0.4 is 10.0 Å². The van der Waals surface area contributed by atoms with E-state index in [4.69, 9.17) is 0 Å². The number of anilines is 1. The molecule has 0 spiro atoms. The SMILES string of the molecule is CCNc1ccccc1S(=O)(=O)NCC(C)(C)N(C)C. The molecule has 114 valence electrons. The van der Waals surface area contributed by atoms with Gasteiger partial charge in [0.05, 0.1) is 5.69 Å². The topological polar surface area (TPSA) is 61.4 Å². The highest BCUT2D eigenvalue weighted by molar-refractivity contribution is 7.89. The van der Waals surface area contributed by atoms with E-state index in [9.17, 15) is 8.42 Å². The maximum Gasteiger partial charge on any atom is 0.242 e. The van der Waals surface area contributed by atoms with E-state index < -0.39 is 10.0 Å². The summed E-state index contributed by atoms with van der Waals surface area (Å²) in [6.07, 6.45) is 0. The van der Waals surface area contributed by atoms with Gasteiger partial charge in [-0.3, -0.25) is 0 Å². The summed E-state index contributed by atoms with van der Waals surface area (Å²) in [5.41, 5.74) is 0.380. The zero-order valence-electron chi connectivity index (χ0n) is 12.9. The molecule has 0 radical (unpaired) electrons. The minimum absolute atomic E-state index is 0.250. The van der Waals surface area contributed by atoms with Gasteiger partial charge in [0.2, 0.25) is 10.0 Å². The first-order valence-electron chi connectivity index (χ1n) is 6.70. The Hall–Kier alpha value is -1.11. The number of nitrogens with zero attached hydrogens (tertiary/aromatic N) is 1. The summed E-state index contributed by atoms with van der Waals surface area (Å²) in [4.78, 5) is 2.28. The van der Waals surface area contributed by atoms with E-state index in [0.717, 1.165) is 0 Å². The van der Waals surface area contributed by atoms with Crippen LogP contribution >= 0.6 is 0 Å². The number of benzene rings is 1. The van der Waals surface area contributed by atoms with Crippen molar-refractivity contribution in [3.8, 4) is 0 Å². The molecule has 0 fully saturated rings. The Labute approximate surface area is 122 Å². The second-order valence-electron chi connectivity index (χ2n) is 5.56. The Morgan fingerprint density at radius 1 is 1.20 bits per heavy atom. The van der Waals surface area contributed by atoms with Crippen molar-refractivity contribution in [1.82, 2.24) is 9.62 Å². The predicted octanol–water partition coefficient (Wildman–Crippen LogP) is 1.74. The summed E-state index contributed by atoms with van der Waals surface area (Å²) in [7, 11) is 0.344. The molecule has 0 unspecified atom stereocenters. The van der Waals surface area contributed by atoms with Crippen LogP contribution in [0, 0.1) is 0 Å². The van der Waals surface area contributed by atoms with Gasteiger partial charge in [-0.1, -0.05) is 12.1 Å². The normalized spacial score (nSPS) is 12.7. The molecule has 5 nitrogen and oxygen atoms in total. The van der Waals surface area contributed by atoms with Crippen LogP contribution in [0.5, 0.6) is 0 Å². The van der Waals surface area contributed by atoms with Gasteiger partial charge in [-0.25, -0.2) is 13.1 Å². The molecule has 1 rings (SSSR count). The number of hydrogen-bond acceptors (Lipinski definition) is 4. The standard InChI is InChI=1S/C14H25N3O2S/c1-6-15-12-9-7-8-10-13(12)20(18,19)16-11-14(2,3)17(4)5/h7-10,15-16H,6,11H2,1-5H3.